The van der Waals surface area contributed by atoms with Crippen molar-refractivity contribution in [3.63, 3.8) is 0 Å². The average Bonchev–Trinajstić information content (AvgIpc) is 2.36. The fourth-order valence-corrected chi connectivity index (χ4v) is 3.41. The summed E-state index contributed by atoms with van der Waals surface area (Å²) in [5.41, 5.74) is 0. The third kappa shape index (κ3) is 4.81. The Morgan fingerprint density at radius 1 is 1.44 bits per heavy atom. The molecule has 0 spiro atoms. The monoisotopic (exact) mass is 280 g/mol. The molecule has 1 saturated heterocycles. The SMILES string of the molecule is CCOCC(C)NS(=O)(=O)N1CCC(CO)CC1. The highest BCUT2D eigenvalue weighted by atomic mass is 32.2. The number of aliphatic hydroxyl groups is 1. The Morgan fingerprint density at radius 3 is 2.56 bits per heavy atom. The van der Waals surface area contributed by atoms with E-state index >= 15 is 0 Å². The summed E-state index contributed by atoms with van der Waals surface area (Å²) in [4.78, 5) is 0. The number of nitrogens with one attached hydrogen (secondary N) is 1. The van der Waals surface area contributed by atoms with Crippen LogP contribution in [0.4, 0.5) is 0 Å². The molecule has 0 aromatic carbocycles. The van der Waals surface area contributed by atoms with Gasteiger partial charge in [-0.15, -0.1) is 0 Å². The Morgan fingerprint density at radius 2 is 2.06 bits per heavy atom. The lowest BCUT2D eigenvalue weighted by molar-refractivity contribution is 0.132. The highest BCUT2D eigenvalue weighted by Gasteiger charge is 2.28. The zero-order valence-corrected chi connectivity index (χ0v) is 11.9. The predicted octanol–water partition coefficient (Wildman–Crippen LogP) is -0.0499. The Hall–Kier alpha value is -0.210. The van der Waals surface area contributed by atoms with Gasteiger partial charge in [0.25, 0.3) is 10.2 Å². The first-order chi connectivity index (χ1) is 8.49. The summed E-state index contributed by atoms with van der Waals surface area (Å²) in [5.74, 6) is 0.234. The van der Waals surface area contributed by atoms with Crippen LogP contribution < -0.4 is 4.72 Å². The van der Waals surface area contributed by atoms with Crippen molar-refractivity contribution in [3.05, 3.63) is 0 Å². The Kier molecular flexibility index (Phi) is 6.51. The second kappa shape index (κ2) is 7.40. The molecule has 1 rings (SSSR count). The summed E-state index contributed by atoms with van der Waals surface area (Å²) < 4.78 is 33.3. The standard InChI is InChI=1S/C11H24N2O4S/c1-3-17-9-10(2)12-18(15,16)13-6-4-11(8-14)5-7-13/h10-12,14H,3-9H2,1-2H3. The molecule has 6 nitrogen and oxygen atoms in total. The van der Waals surface area contributed by atoms with Crippen molar-refractivity contribution in [2.24, 2.45) is 5.92 Å². The van der Waals surface area contributed by atoms with Gasteiger partial charge in [-0.2, -0.15) is 17.4 Å². The fraction of sp³-hybridized carbons (Fsp3) is 1.00. The highest BCUT2D eigenvalue weighted by Crippen LogP contribution is 2.18. The zero-order valence-electron chi connectivity index (χ0n) is 11.1. The molecule has 1 fully saturated rings. The van der Waals surface area contributed by atoms with Crippen molar-refractivity contribution in [3.8, 4) is 0 Å². The van der Waals surface area contributed by atoms with Crippen LogP contribution in [-0.4, -0.2) is 56.8 Å². The van der Waals surface area contributed by atoms with E-state index in [2.05, 4.69) is 4.72 Å². The highest BCUT2D eigenvalue weighted by molar-refractivity contribution is 7.87. The minimum absolute atomic E-state index is 0.141. The molecular weight excluding hydrogens is 256 g/mol. The van der Waals surface area contributed by atoms with E-state index in [9.17, 15) is 8.42 Å². The maximum Gasteiger partial charge on any atom is 0.279 e. The van der Waals surface area contributed by atoms with Crippen LogP contribution >= 0.6 is 0 Å². The van der Waals surface area contributed by atoms with Crippen LogP contribution in [0.1, 0.15) is 26.7 Å². The topological polar surface area (TPSA) is 78.9 Å². The lowest BCUT2D eigenvalue weighted by Gasteiger charge is -2.31. The van der Waals surface area contributed by atoms with E-state index in [0.717, 1.165) is 12.8 Å². The van der Waals surface area contributed by atoms with E-state index in [1.54, 1.807) is 6.92 Å². The minimum atomic E-state index is -3.42. The number of rotatable bonds is 7. The molecule has 1 unspecified atom stereocenters. The molecule has 0 amide bonds. The summed E-state index contributed by atoms with van der Waals surface area (Å²) in [5, 5.41) is 9.02. The largest absolute Gasteiger partial charge is 0.396 e. The summed E-state index contributed by atoms with van der Waals surface area (Å²) in [6, 6.07) is -0.231. The van der Waals surface area contributed by atoms with Crippen LogP contribution in [0.15, 0.2) is 0 Å². The molecule has 0 aliphatic carbocycles. The van der Waals surface area contributed by atoms with Crippen LogP contribution in [0.5, 0.6) is 0 Å². The molecule has 0 bridgehead atoms. The summed E-state index contributed by atoms with van der Waals surface area (Å²) >= 11 is 0. The maximum absolute atomic E-state index is 12.1. The molecule has 0 aromatic heterocycles. The van der Waals surface area contributed by atoms with Gasteiger partial charge in [0, 0.05) is 32.3 Å². The smallest absolute Gasteiger partial charge is 0.279 e. The van der Waals surface area contributed by atoms with Gasteiger partial charge in [-0.05, 0) is 32.6 Å². The second-order valence-electron chi connectivity index (χ2n) is 4.71. The molecule has 1 heterocycles. The van der Waals surface area contributed by atoms with Crippen molar-refractivity contribution < 1.29 is 18.3 Å². The van der Waals surface area contributed by atoms with Crippen LogP contribution in [0.3, 0.4) is 0 Å². The van der Waals surface area contributed by atoms with E-state index < -0.39 is 10.2 Å². The Balaban J connectivity index is 2.44. The van der Waals surface area contributed by atoms with Gasteiger partial charge in [-0.25, -0.2) is 0 Å². The van der Waals surface area contributed by atoms with E-state index in [1.165, 1.54) is 4.31 Å². The quantitative estimate of drug-likeness (QED) is 0.685. The number of piperidine rings is 1. The van der Waals surface area contributed by atoms with E-state index in [0.29, 0.717) is 26.3 Å². The van der Waals surface area contributed by atoms with Crippen molar-refractivity contribution in [2.75, 3.05) is 32.9 Å². The molecule has 0 radical (unpaired) electrons. The maximum atomic E-state index is 12.1. The Bertz CT molecular complexity index is 326. The normalized spacial score (nSPS) is 21.1. The molecule has 1 aliphatic rings. The van der Waals surface area contributed by atoms with Crippen molar-refractivity contribution in [1.82, 2.24) is 9.03 Å². The van der Waals surface area contributed by atoms with Gasteiger partial charge < -0.3 is 9.84 Å². The Labute approximate surface area is 109 Å². The molecule has 7 heteroatoms. The van der Waals surface area contributed by atoms with Crippen LogP contribution in [0.2, 0.25) is 0 Å². The van der Waals surface area contributed by atoms with Crippen LogP contribution in [-0.2, 0) is 14.9 Å². The summed E-state index contributed by atoms with van der Waals surface area (Å²) in [6.45, 7) is 5.71. The molecular formula is C11H24N2O4S. The fourth-order valence-electron chi connectivity index (χ4n) is 1.99. The van der Waals surface area contributed by atoms with Gasteiger partial charge in [0.05, 0.1) is 6.61 Å². The molecule has 18 heavy (non-hydrogen) atoms. The van der Waals surface area contributed by atoms with Crippen molar-refractivity contribution >= 4 is 10.2 Å². The predicted molar refractivity (Wildman–Crippen MR) is 69.4 cm³/mol. The van der Waals surface area contributed by atoms with Crippen molar-refractivity contribution in [1.29, 1.82) is 0 Å². The number of nitrogens with zero attached hydrogens (tertiary/aromatic N) is 1. The molecule has 1 atom stereocenters. The average molecular weight is 280 g/mol. The van der Waals surface area contributed by atoms with Gasteiger partial charge in [0.2, 0.25) is 0 Å². The van der Waals surface area contributed by atoms with Gasteiger partial charge in [-0.3, -0.25) is 0 Å². The van der Waals surface area contributed by atoms with E-state index in [4.69, 9.17) is 9.84 Å². The lowest BCUT2D eigenvalue weighted by atomic mass is 10.00. The first kappa shape index (κ1) is 15.8. The molecule has 1 aliphatic heterocycles. The van der Waals surface area contributed by atoms with Gasteiger partial charge in [-0.1, -0.05) is 0 Å². The second-order valence-corrected chi connectivity index (χ2v) is 6.41. The number of hydrogen-bond donors (Lipinski definition) is 2. The lowest BCUT2D eigenvalue weighted by Crippen LogP contribution is -2.48. The van der Waals surface area contributed by atoms with E-state index in [1.807, 2.05) is 6.92 Å². The summed E-state index contributed by atoms with van der Waals surface area (Å²) in [6.07, 6.45) is 1.44. The third-order valence-electron chi connectivity index (χ3n) is 3.09. The first-order valence-electron chi connectivity index (χ1n) is 6.45. The third-order valence-corrected chi connectivity index (χ3v) is 4.84. The summed E-state index contributed by atoms with van der Waals surface area (Å²) in [7, 11) is -3.42. The van der Waals surface area contributed by atoms with Gasteiger partial charge in [0.15, 0.2) is 0 Å². The number of ether oxygens (including phenoxy) is 1. The van der Waals surface area contributed by atoms with Crippen molar-refractivity contribution in [2.45, 2.75) is 32.7 Å². The van der Waals surface area contributed by atoms with Gasteiger partial charge in [0.1, 0.15) is 0 Å². The minimum Gasteiger partial charge on any atom is -0.396 e. The van der Waals surface area contributed by atoms with Crippen LogP contribution in [0.25, 0.3) is 0 Å². The first-order valence-corrected chi connectivity index (χ1v) is 7.89. The van der Waals surface area contributed by atoms with Crippen LogP contribution in [0, 0.1) is 5.92 Å². The molecule has 0 aromatic rings. The molecule has 108 valence electrons. The zero-order chi connectivity index (χ0) is 13.6. The van der Waals surface area contributed by atoms with Gasteiger partial charge >= 0.3 is 0 Å². The number of aliphatic hydroxyl groups excluding tert-OH is 1. The molecule has 0 saturated carbocycles. The molecule has 2 N–H and O–H groups in total. The number of hydrogen-bond acceptors (Lipinski definition) is 4. The van der Waals surface area contributed by atoms with E-state index in [-0.39, 0.29) is 18.6 Å².